The number of nitrogens with zero attached hydrogens (tertiary/aromatic N) is 2. The molecule has 0 spiro atoms. The van der Waals surface area contributed by atoms with Crippen molar-refractivity contribution in [3.8, 4) is 11.3 Å². The van der Waals surface area contributed by atoms with Gasteiger partial charge >= 0.3 is 0 Å². The van der Waals surface area contributed by atoms with E-state index in [0.29, 0.717) is 10.9 Å². The number of aromatic nitrogens is 2. The average Bonchev–Trinajstić information content (AvgIpc) is 3.05. The summed E-state index contributed by atoms with van der Waals surface area (Å²) in [4.78, 5) is 21.7. The minimum atomic E-state index is -0.0449. The van der Waals surface area contributed by atoms with Crippen LogP contribution in [0.4, 0.5) is 5.13 Å². The van der Waals surface area contributed by atoms with Crippen LogP contribution in [0.25, 0.3) is 11.3 Å². The van der Waals surface area contributed by atoms with Crippen LogP contribution in [0.15, 0.2) is 53.0 Å². The Bertz CT molecular complexity index is 846. The molecule has 0 aliphatic heterocycles. The highest BCUT2D eigenvalue weighted by Crippen LogP contribution is 2.26. The molecule has 1 amide bonds. The second kappa shape index (κ2) is 7.59. The fourth-order valence-corrected chi connectivity index (χ4v) is 3.81. The Hall–Kier alpha value is -2.18. The molecule has 122 valence electrons. The number of thiazole rings is 1. The highest BCUT2D eigenvalue weighted by Gasteiger charge is 2.09. The van der Waals surface area contributed by atoms with Gasteiger partial charge in [0.25, 0.3) is 0 Å². The summed E-state index contributed by atoms with van der Waals surface area (Å²) in [6.07, 6.45) is 3.46. The molecule has 6 heteroatoms. The van der Waals surface area contributed by atoms with Crippen LogP contribution in [0.5, 0.6) is 0 Å². The molecule has 3 aromatic rings. The highest BCUT2D eigenvalue weighted by molar-refractivity contribution is 8.00. The lowest BCUT2D eigenvalue weighted by molar-refractivity contribution is -0.113. The van der Waals surface area contributed by atoms with Crippen molar-refractivity contribution in [1.29, 1.82) is 0 Å². The van der Waals surface area contributed by atoms with Gasteiger partial charge < -0.3 is 5.32 Å². The molecule has 0 aliphatic rings. The van der Waals surface area contributed by atoms with Crippen molar-refractivity contribution < 1.29 is 4.79 Å². The predicted octanol–water partition coefficient (Wildman–Crippen LogP) is 4.55. The van der Waals surface area contributed by atoms with Crippen molar-refractivity contribution in [3.63, 3.8) is 0 Å². The van der Waals surface area contributed by atoms with Crippen LogP contribution < -0.4 is 5.32 Å². The summed E-state index contributed by atoms with van der Waals surface area (Å²) in [5.74, 6) is 0.325. The number of benzene rings is 1. The lowest BCUT2D eigenvalue weighted by Crippen LogP contribution is -2.13. The van der Waals surface area contributed by atoms with Crippen molar-refractivity contribution in [3.05, 3.63) is 59.2 Å². The summed E-state index contributed by atoms with van der Waals surface area (Å²) in [6.45, 7) is 4.11. The minimum Gasteiger partial charge on any atom is -0.301 e. The van der Waals surface area contributed by atoms with E-state index in [4.69, 9.17) is 0 Å². The number of rotatable bonds is 5. The van der Waals surface area contributed by atoms with Crippen LogP contribution in [0.2, 0.25) is 0 Å². The molecule has 24 heavy (non-hydrogen) atoms. The molecule has 3 rings (SSSR count). The normalized spacial score (nSPS) is 10.6. The molecule has 0 saturated heterocycles. The second-order valence-corrected chi connectivity index (χ2v) is 7.25. The zero-order valence-corrected chi connectivity index (χ0v) is 15.1. The summed E-state index contributed by atoms with van der Waals surface area (Å²) in [5.41, 5.74) is 4.23. The monoisotopic (exact) mass is 355 g/mol. The second-order valence-electron chi connectivity index (χ2n) is 5.38. The number of amides is 1. The van der Waals surface area contributed by atoms with E-state index in [2.05, 4.69) is 47.3 Å². The SMILES string of the molecule is Cc1ccc(C)c(SCC(=O)Nc2nc(-c3ccncc3)cs2)c1. The predicted molar refractivity (Wildman–Crippen MR) is 101 cm³/mol. The third-order valence-electron chi connectivity index (χ3n) is 3.43. The Balaban J connectivity index is 1.59. The van der Waals surface area contributed by atoms with Gasteiger partial charge in [-0.25, -0.2) is 4.98 Å². The average molecular weight is 355 g/mol. The molecule has 2 heterocycles. The molecule has 4 nitrogen and oxygen atoms in total. The van der Waals surface area contributed by atoms with Gasteiger partial charge in [0, 0.05) is 28.2 Å². The van der Waals surface area contributed by atoms with E-state index < -0.39 is 0 Å². The number of anilines is 1. The molecule has 0 radical (unpaired) electrons. The van der Waals surface area contributed by atoms with E-state index in [0.717, 1.165) is 16.2 Å². The van der Waals surface area contributed by atoms with Crippen LogP contribution >= 0.6 is 23.1 Å². The first-order valence-corrected chi connectivity index (χ1v) is 9.34. The van der Waals surface area contributed by atoms with Crippen molar-refractivity contribution in [2.24, 2.45) is 0 Å². The van der Waals surface area contributed by atoms with Crippen LogP contribution in [0, 0.1) is 13.8 Å². The number of carbonyl (C=O) groups is 1. The number of thioether (sulfide) groups is 1. The maximum Gasteiger partial charge on any atom is 0.236 e. The standard InChI is InChI=1S/C18H17N3OS2/c1-12-3-4-13(2)16(9-12)23-11-17(22)21-18-20-15(10-24-18)14-5-7-19-8-6-14/h3-10H,11H2,1-2H3,(H,20,21,22). The van der Waals surface area contributed by atoms with Crippen molar-refractivity contribution >= 4 is 34.1 Å². The van der Waals surface area contributed by atoms with Crippen molar-refractivity contribution in [2.75, 3.05) is 11.1 Å². The van der Waals surface area contributed by atoms with Crippen LogP contribution in [-0.4, -0.2) is 21.6 Å². The van der Waals surface area contributed by atoms with E-state index >= 15 is 0 Å². The van der Waals surface area contributed by atoms with Crippen molar-refractivity contribution in [2.45, 2.75) is 18.7 Å². The van der Waals surface area contributed by atoms with Gasteiger partial charge in [-0.1, -0.05) is 17.7 Å². The van der Waals surface area contributed by atoms with Gasteiger partial charge in [0.15, 0.2) is 5.13 Å². The molecule has 1 aromatic carbocycles. The molecular weight excluding hydrogens is 338 g/mol. The Morgan fingerprint density at radius 1 is 1.21 bits per heavy atom. The Labute approximate surface area is 149 Å². The molecular formula is C18H17N3OS2. The number of carbonyl (C=O) groups excluding carboxylic acids is 1. The molecule has 0 saturated carbocycles. The first kappa shape index (κ1) is 16.7. The molecule has 0 fully saturated rings. The molecule has 0 aliphatic carbocycles. The van der Waals surface area contributed by atoms with Gasteiger partial charge in [0.2, 0.25) is 5.91 Å². The van der Waals surface area contributed by atoms with Crippen LogP contribution in [0.3, 0.4) is 0 Å². The van der Waals surface area contributed by atoms with Gasteiger partial charge in [-0.15, -0.1) is 23.1 Å². The molecule has 0 unspecified atom stereocenters. The number of nitrogens with one attached hydrogen (secondary N) is 1. The number of aryl methyl sites for hydroxylation is 2. The van der Waals surface area contributed by atoms with E-state index in [-0.39, 0.29) is 5.91 Å². The van der Waals surface area contributed by atoms with Crippen LogP contribution in [-0.2, 0) is 4.79 Å². The van der Waals surface area contributed by atoms with Gasteiger partial charge in [0.05, 0.1) is 11.4 Å². The molecule has 2 aromatic heterocycles. The third kappa shape index (κ3) is 4.21. The van der Waals surface area contributed by atoms with Crippen molar-refractivity contribution in [1.82, 2.24) is 9.97 Å². The Morgan fingerprint density at radius 3 is 2.79 bits per heavy atom. The van der Waals surface area contributed by atoms with E-state index in [1.54, 1.807) is 24.2 Å². The molecule has 0 bridgehead atoms. The smallest absolute Gasteiger partial charge is 0.236 e. The fourth-order valence-electron chi connectivity index (χ4n) is 2.15. The lowest BCUT2D eigenvalue weighted by Gasteiger charge is -2.06. The topological polar surface area (TPSA) is 54.9 Å². The zero-order chi connectivity index (χ0) is 16.9. The summed E-state index contributed by atoms with van der Waals surface area (Å²) in [7, 11) is 0. The summed E-state index contributed by atoms with van der Waals surface area (Å²) >= 11 is 2.98. The summed E-state index contributed by atoms with van der Waals surface area (Å²) < 4.78 is 0. The summed E-state index contributed by atoms with van der Waals surface area (Å²) in [5, 5.41) is 5.42. The first-order valence-electron chi connectivity index (χ1n) is 7.47. The number of hydrogen-bond donors (Lipinski definition) is 1. The van der Waals surface area contributed by atoms with Gasteiger partial charge in [-0.2, -0.15) is 0 Å². The lowest BCUT2D eigenvalue weighted by atomic mass is 10.2. The van der Waals surface area contributed by atoms with E-state index in [9.17, 15) is 4.79 Å². The number of pyridine rings is 1. The maximum absolute atomic E-state index is 12.2. The van der Waals surface area contributed by atoms with Gasteiger partial charge in [-0.3, -0.25) is 9.78 Å². The number of hydrogen-bond acceptors (Lipinski definition) is 5. The summed E-state index contributed by atoms with van der Waals surface area (Å²) in [6, 6.07) is 10.1. The highest BCUT2D eigenvalue weighted by atomic mass is 32.2. The maximum atomic E-state index is 12.2. The van der Waals surface area contributed by atoms with Crippen LogP contribution in [0.1, 0.15) is 11.1 Å². The Morgan fingerprint density at radius 2 is 2.00 bits per heavy atom. The third-order valence-corrected chi connectivity index (χ3v) is 5.34. The molecule has 0 atom stereocenters. The van der Waals surface area contributed by atoms with Gasteiger partial charge in [0.1, 0.15) is 0 Å². The zero-order valence-electron chi connectivity index (χ0n) is 13.4. The quantitative estimate of drug-likeness (QED) is 0.682. The van der Waals surface area contributed by atoms with E-state index in [1.165, 1.54) is 22.5 Å². The largest absolute Gasteiger partial charge is 0.301 e. The Kier molecular flexibility index (Phi) is 5.27. The first-order chi connectivity index (χ1) is 11.6. The molecule has 1 N–H and O–H groups in total. The minimum absolute atomic E-state index is 0.0449. The van der Waals surface area contributed by atoms with Gasteiger partial charge in [-0.05, 0) is 37.6 Å². The van der Waals surface area contributed by atoms with E-state index in [1.807, 2.05) is 17.5 Å². The fraction of sp³-hybridized carbons (Fsp3) is 0.167.